The van der Waals surface area contributed by atoms with Crippen molar-refractivity contribution < 1.29 is 36.2 Å². The summed E-state index contributed by atoms with van der Waals surface area (Å²) in [6, 6.07) is 7.55. The van der Waals surface area contributed by atoms with Gasteiger partial charge in [-0.1, -0.05) is 6.07 Å². The number of amides is 1. The molecule has 4 N–H and O–H groups in total. The summed E-state index contributed by atoms with van der Waals surface area (Å²) in [4.78, 5) is 15.9. The van der Waals surface area contributed by atoms with Gasteiger partial charge in [-0.05, 0) is 44.5 Å². The van der Waals surface area contributed by atoms with E-state index in [1.807, 2.05) is 0 Å². The first-order chi connectivity index (χ1) is 19.0. The van der Waals surface area contributed by atoms with Crippen LogP contribution in [0.3, 0.4) is 0 Å². The highest BCUT2D eigenvalue weighted by Gasteiger charge is 2.45. The Balaban J connectivity index is 1.08. The zero-order valence-corrected chi connectivity index (χ0v) is 23.6. The molecule has 0 aliphatic carbocycles. The van der Waals surface area contributed by atoms with E-state index in [0.29, 0.717) is 56.1 Å². The Bertz CT molecular complexity index is 1480. The number of benzene rings is 1. The Morgan fingerprint density at radius 2 is 2.00 bits per heavy atom. The molecular formula is C25H33N5O8S2. The smallest absolute Gasteiger partial charge is 0.244 e. The Morgan fingerprint density at radius 3 is 2.75 bits per heavy atom. The van der Waals surface area contributed by atoms with Gasteiger partial charge in [-0.2, -0.15) is 4.31 Å². The molecule has 2 saturated heterocycles. The number of hydrogen-bond acceptors (Lipinski definition) is 10. The number of aliphatic hydroxyl groups excluding tert-OH is 1. The van der Waals surface area contributed by atoms with Crippen LogP contribution >= 0.6 is 0 Å². The van der Waals surface area contributed by atoms with Crippen molar-refractivity contribution >= 4 is 31.8 Å². The number of aromatic nitrogens is 1. The third-order valence-electron chi connectivity index (χ3n) is 7.50. The van der Waals surface area contributed by atoms with Crippen molar-refractivity contribution in [1.29, 1.82) is 0 Å². The molecule has 1 aromatic carbocycles. The predicted octanol–water partition coefficient (Wildman–Crippen LogP) is -0.174. The first kappa shape index (κ1) is 28.9. The van der Waals surface area contributed by atoms with E-state index in [4.69, 9.17) is 9.47 Å². The minimum absolute atomic E-state index is 0.00662. The van der Waals surface area contributed by atoms with Crippen LogP contribution in [0.2, 0.25) is 0 Å². The molecule has 40 heavy (non-hydrogen) atoms. The zero-order valence-electron chi connectivity index (χ0n) is 22.0. The SMILES string of the molecule is CNS(=O)(=O)c1cccc(OCC(O)CNC2COC3(CCN(S(=O)(=O)c4cnc5c(c4)CC(=O)N5)CC3)C2)c1. The van der Waals surface area contributed by atoms with Crippen molar-refractivity contribution in [3.05, 3.63) is 42.1 Å². The molecule has 1 spiro atoms. The highest BCUT2D eigenvalue weighted by atomic mass is 32.2. The lowest BCUT2D eigenvalue weighted by Crippen LogP contribution is -2.47. The van der Waals surface area contributed by atoms with Crippen LogP contribution in [0.5, 0.6) is 5.75 Å². The lowest BCUT2D eigenvalue weighted by atomic mass is 9.88. The van der Waals surface area contributed by atoms with Gasteiger partial charge in [-0.15, -0.1) is 0 Å². The number of anilines is 1. The maximum Gasteiger partial charge on any atom is 0.244 e. The number of sulfonamides is 2. The molecule has 1 aromatic heterocycles. The molecule has 0 saturated carbocycles. The van der Waals surface area contributed by atoms with Gasteiger partial charge in [0.25, 0.3) is 0 Å². The molecule has 13 nitrogen and oxygen atoms in total. The van der Waals surface area contributed by atoms with Gasteiger partial charge in [-0.3, -0.25) is 4.79 Å². The van der Waals surface area contributed by atoms with Gasteiger partial charge < -0.3 is 25.2 Å². The molecule has 2 fully saturated rings. The second-order valence-corrected chi connectivity index (χ2v) is 14.1. The number of carbonyl (C=O) groups is 1. The Morgan fingerprint density at radius 1 is 1.23 bits per heavy atom. The highest BCUT2D eigenvalue weighted by Crippen LogP contribution is 2.37. The molecule has 218 valence electrons. The zero-order chi connectivity index (χ0) is 28.5. The standard InChI is InChI=1S/C25H33N5O8S2/c1-26-39(33,34)21-4-2-3-20(11-21)37-16-19(31)13-27-18-12-25(38-15-18)5-7-30(8-6-25)40(35,36)22-9-17-10-23(32)29-24(17)28-14-22/h2-4,9,11,14,18-19,26-27,31H,5-8,10,12-13,15-16H2,1H3,(H,28,29,32). The largest absolute Gasteiger partial charge is 0.491 e. The molecule has 4 heterocycles. The third kappa shape index (κ3) is 6.15. The summed E-state index contributed by atoms with van der Waals surface area (Å²) >= 11 is 0. The highest BCUT2D eigenvalue weighted by molar-refractivity contribution is 7.89. The predicted molar refractivity (Wildman–Crippen MR) is 144 cm³/mol. The number of aliphatic hydroxyl groups is 1. The molecule has 3 aliphatic rings. The second kappa shape index (κ2) is 11.3. The van der Waals surface area contributed by atoms with E-state index >= 15 is 0 Å². The fourth-order valence-corrected chi connectivity index (χ4v) is 7.44. The lowest BCUT2D eigenvalue weighted by molar-refractivity contribution is -0.115. The lowest BCUT2D eigenvalue weighted by Gasteiger charge is -2.38. The Kier molecular flexibility index (Phi) is 8.16. The third-order valence-corrected chi connectivity index (χ3v) is 10.8. The summed E-state index contributed by atoms with van der Waals surface area (Å²) in [7, 11) is -6.01. The van der Waals surface area contributed by atoms with Crippen molar-refractivity contribution in [2.24, 2.45) is 0 Å². The topological polar surface area (TPSA) is 176 Å². The number of hydrogen-bond donors (Lipinski definition) is 4. The molecule has 2 atom stereocenters. The minimum Gasteiger partial charge on any atom is -0.491 e. The number of rotatable bonds is 10. The van der Waals surface area contributed by atoms with E-state index < -0.39 is 31.8 Å². The number of fused-ring (bicyclic) bond motifs is 1. The van der Waals surface area contributed by atoms with Crippen LogP contribution < -0.4 is 20.1 Å². The van der Waals surface area contributed by atoms with Crippen molar-refractivity contribution in [2.45, 2.75) is 53.2 Å². The van der Waals surface area contributed by atoms with Gasteiger partial charge in [-0.25, -0.2) is 26.5 Å². The summed E-state index contributed by atoms with van der Waals surface area (Å²) in [6.45, 7) is 1.29. The number of carbonyl (C=O) groups excluding carboxylic acids is 1. The van der Waals surface area contributed by atoms with Gasteiger partial charge in [0.2, 0.25) is 26.0 Å². The van der Waals surface area contributed by atoms with Gasteiger partial charge >= 0.3 is 0 Å². The van der Waals surface area contributed by atoms with Gasteiger partial charge in [0, 0.05) is 43.5 Å². The molecule has 15 heteroatoms. The average Bonchev–Trinajstić information content (AvgIpc) is 3.52. The first-order valence-electron chi connectivity index (χ1n) is 13.0. The number of ether oxygens (including phenoxy) is 2. The van der Waals surface area contributed by atoms with Crippen molar-refractivity contribution in [1.82, 2.24) is 19.3 Å². The van der Waals surface area contributed by atoms with Crippen LogP contribution in [0.1, 0.15) is 24.8 Å². The molecule has 0 radical (unpaired) electrons. The summed E-state index contributed by atoms with van der Waals surface area (Å²) in [5.41, 5.74) is 0.145. The monoisotopic (exact) mass is 595 g/mol. The quantitative estimate of drug-likeness (QED) is 0.288. The number of nitrogens with zero attached hydrogens (tertiary/aromatic N) is 2. The van der Waals surface area contributed by atoms with E-state index in [2.05, 4.69) is 20.3 Å². The Labute approximate surface area is 233 Å². The normalized spacial score (nSPS) is 21.8. The van der Waals surface area contributed by atoms with Gasteiger partial charge in [0.15, 0.2) is 0 Å². The van der Waals surface area contributed by atoms with Crippen LogP contribution in [-0.4, -0.2) is 94.8 Å². The van der Waals surface area contributed by atoms with E-state index in [0.717, 1.165) is 0 Å². The van der Waals surface area contributed by atoms with Gasteiger partial charge in [0.1, 0.15) is 29.2 Å². The first-order valence-corrected chi connectivity index (χ1v) is 15.9. The van der Waals surface area contributed by atoms with Crippen molar-refractivity contribution in [3.8, 4) is 5.75 Å². The van der Waals surface area contributed by atoms with E-state index in [1.165, 1.54) is 35.7 Å². The summed E-state index contributed by atoms with van der Waals surface area (Å²) < 4.78 is 65.8. The maximum absolute atomic E-state index is 13.2. The number of pyridine rings is 1. The van der Waals surface area contributed by atoms with Crippen molar-refractivity contribution in [2.75, 3.05) is 45.2 Å². The molecule has 5 rings (SSSR count). The summed E-state index contributed by atoms with van der Waals surface area (Å²) in [6.07, 6.45) is 2.34. The Hall–Kier alpha value is -2.66. The van der Waals surface area contributed by atoms with Crippen LogP contribution in [0, 0.1) is 0 Å². The summed E-state index contributed by atoms with van der Waals surface area (Å²) in [5.74, 6) is 0.539. The molecular weight excluding hydrogens is 562 g/mol. The number of nitrogens with one attached hydrogen (secondary N) is 3. The minimum atomic E-state index is -3.75. The van der Waals surface area contributed by atoms with Crippen LogP contribution in [0.4, 0.5) is 5.82 Å². The average molecular weight is 596 g/mol. The van der Waals surface area contributed by atoms with Crippen LogP contribution in [-0.2, 0) is 36.0 Å². The van der Waals surface area contributed by atoms with Crippen LogP contribution in [0.15, 0.2) is 46.3 Å². The second-order valence-electron chi connectivity index (χ2n) is 10.3. The number of piperidine rings is 1. The molecule has 2 aromatic rings. The fourth-order valence-electron chi connectivity index (χ4n) is 5.24. The molecule has 2 unspecified atom stereocenters. The maximum atomic E-state index is 13.2. The summed E-state index contributed by atoms with van der Waals surface area (Å²) in [5, 5.41) is 16.3. The van der Waals surface area contributed by atoms with E-state index in [9.17, 15) is 26.7 Å². The molecule has 3 aliphatic heterocycles. The van der Waals surface area contributed by atoms with Crippen molar-refractivity contribution in [3.63, 3.8) is 0 Å². The van der Waals surface area contributed by atoms with Crippen LogP contribution in [0.25, 0.3) is 0 Å². The van der Waals surface area contributed by atoms with Gasteiger partial charge in [0.05, 0.1) is 23.5 Å². The molecule has 1 amide bonds. The molecule has 0 bridgehead atoms. The van der Waals surface area contributed by atoms with E-state index in [1.54, 1.807) is 12.1 Å². The van der Waals surface area contributed by atoms with E-state index in [-0.39, 0.29) is 41.3 Å². The fraction of sp³-hybridized carbons (Fsp3) is 0.520.